The smallest absolute Gasteiger partial charge is 0.317 e. The number of carbonyl (C=O) groups excluding carboxylic acids is 1. The van der Waals surface area contributed by atoms with Gasteiger partial charge in [-0.05, 0) is 50.7 Å². The number of amides is 2. The molecule has 3 saturated heterocycles. The van der Waals surface area contributed by atoms with E-state index in [0.717, 1.165) is 82.9 Å². The lowest BCUT2D eigenvalue weighted by molar-refractivity contribution is -0.181. The van der Waals surface area contributed by atoms with Gasteiger partial charge in [-0.2, -0.15) is 0 Å². The first kappa shape index (κ1) is 17.7. The lowest BCUT2D eigenvalue weighted by Gasteiger charge is -2.52. The average molecular weight is 358 g/mol. The van der Waals surface area contributed by atoms with Gasteiger partial charge in [0.05, 0.1) is 17.9 Å². The summed E-state index contributed by atoms with van der Waals surface area (Å²) in [5, 5.41) is 3.09. The zero-order valence-corrected chi connectivity index (χ0v) is 15.7. The first-order valence-electron chi connectivity index (χ1n) is 9.94. The molecule has 0 bridgehead atoms. The fourth-order valence-electron chi connectivity index (χ4n) is 4.39. The van der Waals surface area contributed by atoms with E-state index in [9.17, 15) is 4.79 Å². The van der Waals surface area contributed by atoms with Crippen molar-refractivity contribution >= 4 is 6.03 Å². The Kier molecular flexibility index (Phi) is 5.14. The van der Waals surface area contributed by atoms with E-state index in [1.165, 1.54) is 0 Å². The first-order chi connectivity index (χ1) is 12.6. The van der Waals surface area contributed by atoms with E-state index in [-0.39, 0.29) is 11.6 Å². The van der Waals surface area contributed by atoms with Crippen molar-refractivity contribution in [1.82, 2.24) is 20.1 Å². The SMILES string of the molecule is Cc1cccc(CN2CC3(CCC(CNC(=O)N4CCCC4)CO3)C2)n1. The Balaban J connectivity index is 1.17. The second kappa shape index (κ2) is 7.53. The number of hydrogen-bond acceptors (Lipinski definition) is 4. The zero-order valence-electron chi connectivity index (χ0n) is 15.7. The van der Waals surface area contributed by atoms with Crippen LogP contribution in [0.1, 0.15) is 37.1 Å². The second-order valence-electron chi connectivity index (χ2n) is 8.19. The van der Waals surface area contributed by atoms with Crippen molar-refractivity contribution in [3.63, 3.8) is 0 Å². The maximum Gasteiger partial charge on any atom is 0.317 e. The van der Waals surface area contributed by atoms with Crippen LogP contribution in [-0.2, 0) is 11.3 Å². The second-order valence-corrected chi connectivity index (χ2v) is 8.19. The molecule has 2 amide bonds. The normalized spacial score (nSPS) is 25.3. The topological polar surface area (TPSA) is 57.7 Å². The van der Waals surface area contributed by atoms with E-state index in [0.29, 0.717) is 5.92 Å². The van der Waals surface area contributed by atoms with Crippen LogP contribution in [0, 0.1) is 12.8 Å². The van der Waals surface area contributed by atoms with Gasteiger partial charge in [-0.15, -0.1) is 0 Å². The summed E-state index contributed by atoms with van der Waals surface area (Å²) in [6.45, 7) is 8.24. The van der Waals surface area contributed by atoms with Gasteiger partial charge in [0, 0.05) is 45.0 Å². The van der Waals surface area contributed by atoms with Crippen LogP contribution in [0.2, 0.25) is 0 Å². The molecule has 1 N–H and O–H groups in total. The number of ether oxygens (including phenoxy) is 1. The molecule has 4 heterocycles. The minimum atomic E-state index is 0.0410. The minimum Gasteiger partial charge on any atom is -0.372 e. The summed E-state index contributed by atoms with van der Waals surface area (Å²) in [5.41, 5.74) is 2.25. The van der Waals surface area contributed by atoms with Gasteiger partial charge >= 0.3 is 6.03 Å². The zero-order chi connectivity index (χ0) is 18.0. The number of hydrogen-bond donors (Lipinski definition) is 1. The highest BCUT2D eigenvalue weighted by atomic mass is 16.5. The van der Waals surface area contributed by atoms with Gasteiger partial charge < -0.3 is 15.0 Å². The number of aryl methyl sites for hydroxylation is 1. The third-order valence-corrected chi connectivity index (χ3v) is 5.92. The molecule has 6 heteroatoms. The third-order valence-electron chi connectivity index (χ3n) is 5.92. The molecule has 1 aromatic rings. The van der Waals surface area contributed by atoms with Crippen molar-refractivity contribution in [1.29, 1.82) is 0 Å². The van der Waals surface area contributed by atoms with E-state index < -0.39 is 0 Å². The van der Waals surface area contributed by atoms with E-state index in [1.807, 2.05) is 17.9 Å². The molecule has 1 spiro atoms. The van der Waals surface area contributed by atoms with Crippen LogP contribution in [0.25, 0.3) is 0 Å². The molecule has 1 atom stereocenters. The Morgan fingerprint density at radius 2 is 2.15 bits per heavy atom. The summed E-state index contributed by atoms with van der Waals surface area (Å²) in [4.78, 5) is 21.0. The lowest BCUT2D eigenvalue weighted by atomic mass is 9.83. The molecular formula is C20H30N4O2. The van der Waals surface area contributed by atoms with Gasteiger partial charge in [-0.25, -0.2) is 4.79 Å². The molecule has 1 aromatic heterocycles. The van der Waals surface area contributed by atoms with Crippen LogP contribution in [0.3, 0.4) is 0 Å². The quantitative estimate of drug-likeness (QED) is 0.896. The first-order valence-corrected chi connectivity index (χ1v) is 9.94. The molecular weight excluding hydrogens is 328 g/mol. The Morgan fingerprint density at radius 3 is 2.85 bits per heavy atom. The molecule has 0 aromatic carbocycles. The number of carbonyl (C=O) groups is 1. The van der Waals surface area contributed by atoms with Gasteiger partial charge in [-0.3, -0.25) is 9.88 Å². The van der Waals surface area contributed by atoms with Gasteiger partial charge in [0.25, 0.3) is 0 Å². The minimum absolute atomic E-state index is 0.0410. The lowest BCUT2D eigenvalue weighted by Crippen LogP contribution is -2.64. The summed E-state index contributed by atoms with van der Waals surface area (Å²) >= 11 is 0. The van der Waals surface area contributed by atoms with Gasteiger partial charge in [-0.1, -0.05) is 6.07 Å². The highest BCUT2D eigenvalue weighted by Crippen LogP contribution is 2.36. The molecule has 0 aliphatic carbocycles. The number of nitrogens with zero attached hydrogens (tertiary/aromatic N) is 3. The van der Waals surface area contributed by atoms with Crippen LogP contribution in [0.4, 0.5) is 4.79 Å². The Labute approximate surface area is 155 Å². The summed E-state index contributed by atoms with van der Waals surface area (Å²) in [5.74, 6) is 0.444. The Bertz CT molecular complexity index is 628. The van der Waals surface area contributed by atoms with Crippen molar-refractivity contribution < 1.29 is 9.53 Å². The molecule has 0 radical (unpaired) electrons. The molecule has 0 saturated carbocycles. The highest BCUT2D eigenvalue weighted by Gasteiger charge is 2.46. The third kappa shape index (κ3) is 4.01. The molecule has 26 heavy (non-hydrogen) atoms. The number of pyridine rings is 1. The van der Waals surface area contributed by atoms with Crippen LogP contribution in [0.5, 0.6) is 0 Å². The van der Waals surface area contributed by atoms with Crippen LogP contribution >= 0.6 is 0 Å². The van der Waals surface area contributed by atoms with E-state index in [1.54, 1.807) is 0 Å². The number of nitrogens with one attached hydrogen (secondary N) is 1. The van der Waals surface area contributed by atoms with Gasteiger partial charge in [0.2, 0.25) is 0 Å². The van der Waals surface area contributed by atoms with Crippen molar-refractivity contribution in [2.75, 3.05) is 39.3 Å². The molecule has 1 unspecified atom stereocenters. The summed E-state index contributed by atoms with van der Waals surface area (Å²) in [7, 11) is 0. The maximum atomic E-state index is 12.1. The van der Waals surface area contributed by atoms with Crippen molar-refractivity contribution in [2.45, 2.75) is 44.8 Å². The molecule has 3 fully saturated rings. The van der Waals surface area contributed by atoms with Crippen LogP contribution in [0.15, 0.2) is 18.2 Å². The molecule has 3 aliphatic heterocycles. The predicted molar refractivity (Wildman–Crippen MR) is 99.9 cm³/mol. The average Bonchev–Trinajstić information content (AvgIpc) is 3.14. The molecule has 6 nitrogen and oxygen atoms in total. The van der Waals surface area contributed by atoms with E-state index >= 15 is 0 Å². The molecule has 3 aliphatic rings. The largest absolute Gasteiger partial charge is 0.372 e. The summed E-state index contributed by atoms with van der Waals surface area (Å²) < 4.78 is 6.24. The van der Waals surface area contributed by atoms with Gasteiger partial charge in [0.15, 0.2) is 0 Å². The Morgan fingerprint density at radius 1 is 1.35 bits per heavy atom. The standard InChI is InChI=1S/C20H30N4O2/c1-16-5-4-6-18(22-16)12-23-14-20(15-23)8-7-17(13-26-20)11-21-19(25)24-9-2-3-10-24/h4-6,17H,2-3,7-15H2,1H3,(H,21,25). The number of aromatic nitrogens is 1. The van der Waals surface area contributed by atoms with Crippen molar-refractivity contribution in [3.05, 3.63) is 29.6 Å². The van der Waals surface area contributed by atoms with Gasteiger partial charge in [0.1, 0.15) is 0 Å². The Hall–Kier alpha value is -1.66. The fraction of sp³-hybridized carbons (Fsp3) is 0.700. The van der Waals surface area contributed by atoms with Crippen LogP contribution < -0.4 is 5.32 Å². The highest BCUT2D eigenvalue weighted by molar-refractivity contribution is 5.74. The van der Waals surface area contributed by atoms with Crippen molar-refractivity contribution in [2.24, 2.45) is 5.92 Å². The number of urea groups is 1. The monoisotopic (exact) mass is 358 g/mol. The summed E-state index contributed by atoms with van der Waals surface area (Å²) in [6.07, 6.45) is 4.50. The van der Waals surface area contributed by atoms with Crippen LogP contribution in [-0.4, -0.2) is 65.7 Å². The molecule has 142 valence electrons. The fourth-order valence-corrected chi connectivity index (χ4v) is 4.39. The molecule has 4 rings (SSSR count). The number of rotatable bonds is 4. The van der Waals surface area contributed by atoms with E-state index in [2.05, 4.69) is 27.3 Å². The maximum absolute atomic E-state index is 12.1. The van der Waals surface area contributed by atoms with E-state index in [4.69, 9.17) is 4.74 Å². The summed E-state index contributed by atoms with van der Waals surface area (Å²) in [6, 6.07) is 6.31. The number of likely N-dealkylation sites (tertiary alicyclic amines) is 2. The predicted octanol–water partition coefficient (Wildman–Crippen LogP) is 2.18. The van der Waals surface area contributed by atoms with Crippen molar-refractivity contribution in [3.8, 4) is 0 Å².